The first-order valence-electron chi connectivity index (χ1n) is 12.6. The summed E-state index contributed by atoms with van der Waals surface area (Å²) < 4.78 is 5.83. The van der Waals surface area contributed by atoms with Gasteiger partial charge in [0.05, 0.1) is 34.7 Å². The number of aliphatic hydroxyl groups is 2. The van der Waals surface area contributed by atoms with Gasteiger partial charge in [-0.15, -0.1) is 11.3 Å². The number of rotatable bonds is 2. The van der Waals surface area contributed by atoms with Crippen molar-refractivity contribution in [3.05, 3.63) is 33.3 Å². The van der Waals surface area contributed by atoms with E-state index in [1.54, 1.807) is 32.1 Å². The molecule has 2 rings (SSSR count). The third-order valence-corrected chi connectivity index (χ3v) is 8.45. The van der Waals surface area contributed by atoms with Crippen LogP contribution < -0.4 is 0 Å². The van der Waals surface area contributed by atoms with Crippen LogP contribution in [0.4, 0.5) is 0 Å². The molecule has 7 heteroatoms. The van der Waals surface area contributed by atoms with E-state index in [1.807, 2.05) is 32.2 Å². The number of aliphatic hydroxyl groups excluding tert-OH is 2. The minimum Gasteiger partial charge on any atom is -0.457 e. The van der Waals surface area contributed by atoms with E-state index < -0.39 is 35.6 Å². The number of allylic oxidation sites excluding steroid dienone is 1. The Morgan fingerprint density at radius 3 is 2.46 bits per heavy atom. The molecule has 0 bridgehead atoms. The molecule has 0 aromatic carbocycles. The van der Waals surface area contributed by atoms with Crippen LogP contribution in [0.3, 0.4) is 0 Å². The van der Waals surface area contributed by atoms with E-state index in [2.05, 4.69) is 24.9 Å². The van der Waals surface area contributed by atoms with E-state index in [9.17, 15) is 19.8 Å². The number of Topliss-reactive ketones (excluding diaryl/α,β-unsaturated/α-hetero) is 1. The maximum Gasteiger partial charge on any atom is 0.309 e. The Bertz CT molecular complexity index is 947. The highest BCUT2D eigenvalue weighted by atomic mass is 32.1. The second kappa shape index (κ2) is 12.4. The number of esters is 1. The van der Waals surface area contributed by atoms with E-state index in [0.29, 0.717) is 6.42 Å². The molecule has 0 unspecified atom stereocenters. The molecular weight excluding hydrogens is 462 g/mol. The third kappa shape index (κ3) is 7.83. The number of carbonyl (C=O) groups is 2. The van der Waals surface area contributed by atoms with Crippen molar-refractivity contribution in [1.29, 1.82) is 0 Å². The molecule has 35 heavy (non-hydrogen) atoms. The van der Waals surface area contributed by atoms with Crippen molar-refractivity contribution in [3.63, 3.8) is 0 Å². The van der Waals surface area contributed by atoms with Crippen LogP contribution in [0.25, 0.3) is 6.08 Å². The SMILES string of the molecule is C/C1=C/C[C@@H](/C(C)=C/c2csc(C)n2)OC(=O)C[C@H](O)C(C)(C)C(=O)[C@H](C)[C@@H](O)[C@@H](C)[C@@H](C)CC1. The number of aromatic nitrogens is 1. The van der Waals surface area contributed by atoms with E-state index >= 15 is 0 Å². The van der Waals surface area contributed by atoms with Crippen LogP contribution in [0.5, 0.6) is 0 Å². The van der Waals surface area contributed by atoms with Crippen LogP contribution in [-0.2, 0) is 14.3 Å². The van der Waals surface area contributed by atoms with Crippen molar-refractivity contribution in [3.8, 4) is 0 Å². The molecule has 1 aliphatic heterocycles. The predicted molar refractivity (Wildman–Crippen MR) is 141 cm³/mol. The maximum absolute atomic E-state index is 13.3. The fourth-order valence-electron chi connectivity index (χ4n) is 4.55. The van der Waals surface area contributed by atoms with E-state index in [0.717, 1.165) is 29.1 Å². The van der Waals surface area contributed by atoms with Crippen molar-refractivity contribution in [2.24, 2.45) is 23.2 Å². The monoisotopic (exact) mass is 505 g/mol. The van der Waals surface area contributed by atoms with E-state index in [4.69, 9.17) is 4.74 Å². The van der Waals surface area contributed by atoms with Gasteiger partial charge < -0.3 is 14.9 Å². The molecule has 0 fully saturated rings. The lowest BCUT2D eigenvalue weighted by Crippen LogP contribution is -2.46. The number of hydrogen-bond acceptors (Lipinski definition) is 7. The Labute approximate surface area is 214 Å². The van der Waals surface area contributed by atoms with Gasteiger partial charge >= 0.3 is 5.97 Å². The van der Waals surface area contributed by atoms with Gasteiger partial charge in [0.25, 0.3) is 0 Å². The highest BCUT2D eigenvalue weighted by Gasteiger charge is 2.42. The minimum atomic E-state index is -1.22. The Hall–Kier alpha value is -1.83. The summed E-state index contributed by atoms with van der Waals surface area (Å²) in [4.78, 5) is 30.6. The minimum absolute atomic E-state index is 0.0768. The van der Waals surface area contributed by atoms with Gasteiger partial charge in [-0.1, -0.05) is 46.3 Å². The number of nitrogens with zero attached hydrogens (tertiary/aromatic N) is 1. The van der Waals surface area contributed by atoms with Crippen LogP contribution in [-0.4, -0.2) is 45.3 Å². The summed E-state index contributed by atoms with van der Waals surface area (Å²) >= 11 is 1.56. The molecule has 0 aliphatic carbocycles. The average Bonchev–Trinajstić information content (AvgIpc) is 3.21. The Morgan fingerprint density at radius 2 is 1.86 bits per heavy atom. The number of aryl methyl sites for hydroxylation is 1. The largest absolute Gasteiger partial charge is 0.457 e. The van der Waals surface area contributed by atoms with Crippen molar-refractivity contribution in [2.45, 2.75) is 99.4 Å². The molecule has 6 atom stereocenters. The summed E-state index contributed by atoms with van der Waals surface area (Å²) in [6.45, 7) is 15.0. The van der Waals surface area contributed by atoms with Crippen molar-refractivity contribution < 1.29 is 24.5 Å². The molecule has 1 aromatic rings. The van der Waals surface area contributed by atoms with Crippen LogP contribution in [0.2, 0.25) is 0 Å². The number of cyclic esters (lactones) is 1. The number of ether oxygens (including phenoxy) is 1. The van der Waals surface area contributed by atoms with Crippen LogP contribution >= 0.6 is 11.3 Å². The fraction of sp³-hybridized carbons (Fsp3) is 0.679. The fourth-order valence-corrected chi connectivity index (χ4v) is 5.12. The predicted octanol–water partition coefficient (Wildman–Crippen LogP) is 5.51. The molecule has 1 aliphatic rings. The summed E-state index contributed by atoms with van der Waals surface area (Å²) in [5.41, 5.74) is 1.69. The molecule has 2 N–H and O–H groups in total. The quantitative estimate of drug-likeness (QED) is 0.406. The van der Waals surface area contributed by atoms with Gasteiger partial charge in [0, 0.05) is 17.7 Å². The first kappa shape index (κ1) is 29.4. The number of ketones is 1. The Balaban J connectivity index is 2.37. The average molecular weight is 506 g/mol. The summed E-state index contributed by atoms with van der Waals surface area (Å²) in [6, 6.07) is 0. The highest BCUT2D eigenvalue weighted by Crippen LogP contribution is 2.34. The Morgan fingerprint density at radius 1 is 1.20 bits per heavy atom. The van der Waals surface area contributed by atoms with Gasteiger partial charge in [-0.3, -0.25) is 9.59 Å². The molecule has 1 aromatic heterocycles. The highest BCUT2D eigenvalue weighted by molar-refractivity contribution is 7.09. The summed E-state index contributed by atoms with van der Waals surface area (Å²) in [7, 11) is 0. The smallest absolute Gasteiger partial charge is 0.309 e. The van der Waals surface area contributed by atoms with Gasteiger partial charge in [0.1, 0.15) is 11.9 Å². The molecule has 0 saturated carbocycles. The van der Waals surface area contributed by atoms with Gasteiger partial charge in [-0.2, -0.15) is 0 Å². The Kier molecular flexibility index (Phi) is 10.4. The molecule has 2 heterocycles. The molecule has 0 amide bonds. The maximum atomic E-state index is 13.3. The van der Waals surface area contributed by atoms with Crippen LogP contribution in [0, 0.1) is 30.1 Å². The van der Waals surface area contributed by atoms with E-state index in [1.165, 1.54) is 5.57 Å². The van der Waals surface area contributed by atoms with Crippen LogP contribution in [0.1, 0.15) is 84.9 Å². The van der Waals surface area contributed by atoms with Crippen LogP contribution in [0.15, 0.2) is 22.6 Å². The molecule has 196 valence electrons. The summed E-state index contributed by atoms with van der Waals surface area (Å²) in [6.07, 6.45) is 3.47. The normalized spacial score (nSPS) is 33.7. The second-order valence-corrected chi connectivity index (χ2v) is 12.0. The molecule has 0 radical (unpaired) electrons. The summed E-state index contributed by atoms with van der Waals surface area (Å²) in [5.74, 6) is -1.32. The zero-order chi connectivity index (χ0) is 26.5. The van der Waals surface area contributed by atoms with Gasteiger partial charge in [0.15, 0.2) is 0 Å². The van der Waals surface area contributed by atoms with Crippen molar-refractivity contribution in [1.82, 2.24) is 4.98 Å². The number of thiazole rings is 1. The zero-order valence-corrected chi connectivity index (χ0v) is 23.3. The van der Waals surface area contributed by atoms with Gasteiger partial charge in [-0.25, -0.2) is 4.98 Å². The standard InChI is InChI=1S/C28H43NO5S/c1-16-9-11-17(2)19(4)26(32)20(5)27(33)28(7,8)24(30)14-25(31)34-23(12-10-16)18(3)13-22-15-35-21(6)29-22/h10,13,15,17,19-20,23-24,26,30,32H,9,11-12,14H2,1-8H3/b16-10-,18-13+/t17-,19-,20+,23-,24-,26-/m0/s1. The summed E-state index contributed by atoms with van der Waals surface area (Å²) in [5, 5.41) is 24.7. The van der Waals surface area contributed by atoms with Crippen molar-refractivity contribution >= 4 is 29.2 Å². The number of hydrogen-bond donors (Lipinski definition) is 2. The molecule has 0 saturated heterocycles. The topological polar surface area (TPSA) is 96.7 Å². The lowest BCUT2D eigenvalue weighted by atomic mass is 9.71. The molecule has 0 spiro atoms. The van der Waals surface area contributed by atoms with E-state index in [-0.39, 0.29) is 24.0 Å². The number of carbonyl (C=O) groups excluding carboxylic acids is 2. The zero-order valence-electron chi connectivity index (χ0n) is 22.5. The molecular formula is C28H43NO5S. The lowest BCUT2D eigenvalue weighted by molar-refractivity contribution is -0.154. The van der Waals surface area contributed by atoms with Crippen molar-refractivity contribution in [2.75, 3.05) is 0 Å². The first-order valence-corrected chi connectivity index (χ1v) is 13.5. The van der Waals surface area contributed by atoms with Gasteiger partial charge in [-0.05, 0) is 57.1 Å². The second-order valence-electron chi connectivity index (χ2n) is 10.9. The lowest BCUT2D eigenvalue weighted by Gasteiger charge is -2.35. The third-order valence-electron chi connectivity index (χ3n) is 7.66. The molecule has 6 nitrogen and oxygen atoms in total. The van der Waals surface area contributed by atoms with Gasteiger partial charge in [0.2, 0.25) is 0 Å². The first-order chi connectivity index (χ1) is 16.2.